The van der Waals surface area contributed by atoms with Gasteiger partial charge in [0.15, 0.2) is 10.8 Å². The number of nitrogens with zero attached hydrogens (tertiary/aromatic N) is 1. The molecule has 2 fully saturated rings. The van der Waals surface area contributed by atoms with E-state index in [1.165, 1.54) is 11.3 Å². The van der Waals surface area contributed by atoms with Crippen LogP contribution in [0.4, 0.5) is 4.39 Å². The van der Waals surface area contributed by atoms with E-state index in [9.17, 15) is 9.18 Å². The van der Waals surface area contributed by atoms with Gasteiger partial charge in [-0.1, -0.05) is 30.4 Å². The fraction of sp³-hybridized carbons (Fsp3) is 0.542. The zero-order chi connectivity index (χ0) is 22.1. The summed E-state index contributed by atoms with van der Waals surface area (Å²) in [5, 5.41) is 0.791. The monoisotopic (exact) mass is 544 g/mol. The first-order valence-corrected chi connectivity index (χ1v) is 12.7. The van der Waals surface area contributed by atoms with Gasteiger partial charge in [-0.25, -0.2) is 4.39 Å². The lowest BCUT2D eigenvalue weighted by Crippen LogP contribution is -2.45. The molecule has 4 rings (SSSR count). The van der Waals surface area contributed by atoms with Gasteiger partial charge >= 0.3 is 0 Å². The number of fused-ring (bicyclic) bond motifs is 2. The Hall–Kier alpha value is -0.990. The van der Waals surface area contributed by atoms with E-state index in [-0.39, 0.29) is 29.9 Å². The van der Waals surface area contributed by atoms with E-state index < -0.39 is 0 Å². The Balaban J connectivity index is 0.00000289. The zero-order valence-electron chi connectivity index (χ0n) is 18.5. The molecule has 3 heterocycles. The Morgan fingerprint density at radius 3 is 2.62 bits per heavy atom. The lowest BCUT2D eigenvalue weighted by Gasteiger charge is -2.39. The van der Waals surface area contributed by atoms with Crippen molar-refractivity contribution in [2.75, 3.05) is 13.2 Å². The number of carbonyl (C=O) groups excluding carboxylic acids is 1. The highest BCUT2D eigenvalue weighted by Gasteiger charge is 2.42. The van der Waals surface area contributed by atoms with Gasteiger partial charge in [-0.2, -0.15) is 0 Å². The third-order valence-electron chi connectivity index (χ3n) is 6.68. The Kier molecular flexibility index (Phi) is 8.78. The van der Waals surface area contributed by atoms with E-state index in [2.05, 4.69) is 27.8 Å². The van der Waals surface area contributed by atoms with Crippen molar-refractivity contribution in [1.29, 1.82) is 0 Å². The van der Waals surface area contributed by atoms with Crippen LogP contribution in [-0.2, 0) is 6.54 Å². The van der Waals surface area contributed by atoms with Gasteiger partial charge in [0.2, 0.25) is 0 Å². The van der Waals surface area contributed by atoms with E-state index in [0.717, 1.165) is 63.2 Å². The lowest BCUT2D eigenvalue weighted by molar-refractivity contribution is 0.0804. The van der Waals surface area contributed by atoms with Crippen LogP contribution in [-0.4, -0.2) is 35.9 Å². The van der Waals surface area contributed by atoms with E-state index in [1.807, 2.05) is 13.0 Å². The molecule has 2 unspecified atom stereocenters. The molecule has 2 N–H and O–H groups in total. The van der Waals surface area contributed by atoms with Gasteiger partial charge in [0.05, 0.1) is 22.5 Å². The number of rotatable bonds is 8. The summed E-state index contributed by atoms with van der Waals surface area (Å²) in [6.45, 7) is 5.53. The normalized spacial score (nSPS) is 22.6. The number of ketones is 1. The molecule has 0 radical (unpaired) electrons. The fourth-order valence-corrected chi connectivity index (χ4v) is 6.77. The topological polar surface area (TPSA) is 55.6 Å². The maximum Gasteiger partial charge on any atom is 0.189 e. The molecular weight excluding hydrogens is 515 g/mol. The van der Waals surface area contributed by atoms with Crippen molar-refractivity contribution in [3.63, 3.8) is 0 Å². The zero-order valence-corrected chi connectivity index (χ0v) is 21.8. The number of carbonyl (C=O) groups is 1. The molecule has 2 aliphatic rings. The van der Waals surface area contributed by atoms with Crippen molar-refractivity contribution in [3.8, 4) is 5.06 Å². The highest BCUT2D eigenvalue weighted by molar-refractivity contribution is 9.10. The smallest absolute Gasteiger partial charge is 0.189 e. The van der Waals surface area contributed by atoms with E-state index in [1.54, 1.807) is 12.1 Å². The number of hydrogen-bond donors (Lipinski definition) is 1. The molecule has 1 aromatic heterocycles. The third-order valence-corrected chi connectivity index (χ3v) is 9.14. The van der Waals surface area contributed by atoms with Crippen molar-refractivity contribution in [1.82, 2.24) is 4.90 Å². The average molecular weight is 546 g/mol. The summed E-state index contributed by atoms with van der Waals surface area (Å²) < 4.78 is 21.2. The van der Waals surface area contributed by atoms with E-state index in [4.69, 9.17) is 10.5 Å². The number of piperidine rings is 1. The number of Topliss-reactive ketones (excluding diaryl/α,β-unsaturated/α-hetero) is 1. The van der Waals surface area contributed by atoms with Crippen molar-refractivity contribution in [2.45, 2.75) is 70.5 Å². The minimum atomic E-state index is -0.134. The summed E-state index contributed by atoms with van der Waals surface area (Å²) >= 11 is 5.03. The molecule has 2 bridgehead atoms. The summed E-state index contributed by atoms with van der Waals surface area (Å²) in [6, 6.07) is 5.90. The first-order valence-electron chi connectivity index (χ1n) is 11.1. The number of thiophene rings is 1. The Morgan fingerprint density at radius 2 is 2.00 bits per heavy atom. The molecule has 32 heavy (non-hydrogen) atoms. The molecule has 1 aromatic carbocycles. The largest absolute Gasteiger partial charge is 0.483 e. The highest BCUT2D eigenvalue weighted by atomic mass is 79.9. The number of hydrogen-bond acceptors (Lipinski definition) is 5. The van der Waals surface area contributed by atoms with E-state index >= 15 is 0 Å². The Labute approximate surface area is 208 Å². The van der Waals surface area contributed by atoms with Crippen LogP contribution < -0.4 is 10.5 Å². The van der Waals surface area contributed by atoms with Crippen molar-refractivity contribution in [3.05, 3.63) is 50.1 Å². The summed E-state index contributed by atoms with van der Waals surface area (Å²) in [7, 11) is 0. The number of nitrogens with two attached hydrogens (primary N) is 1. The number of ether oxygens (including phenoxy) is 1. The van der Waals surface area contributed by atoms with Crippen LogP contribution in [0.1, 0.15) is 71.3 Å². The van der Waals surface area contributed by atoms with Gasteiger partial charge in [-0.05, 0) is 83.6 Å². The van der Waals surface area contributed by atoms with E-state index in [0.29, 0.717) is 31.8 Å². The second-order valence-electron chi connectivity index (χ2n) is 8.71. The summed E-state index contributed by atoms with van der Waals surface area (Å²) in [5.74, 6) is 0.216. The molecular formula is C24H31BrClFN2O2S. The van der Waals surface area contributed by atoms with Crippen LogP contribution in [0, 0.1) is 12.7 Å². The quantitative estimate of drug-likeness (QED) is 0.400. The Bertz CT molecular complexity index is 956. The second-order valence-corrected chi connectivity index (χ2v) is 10.5. The minimum absolute atomic E-state index is 0. The van der Waals surface area contributed by atoms with Crippen LogP contribution in [0.2, 0.25) is 0 Å². The lowest BCUT2D eigenvalue weighted by atomic mass is 9.84. The predicted octanol–water partition coefficient (Wildman–Crippen LogP) is 6.22. The molecule has 4 nitrogen and oxygen atoms in total. The predicted molar refractivity (Wildman–Crippen MR) is 134 cm³/mol. The molecule has 176 valence electrons. The number of halogens is 3. The van der Waals surface area contributed by atoms with Crippen molar-refractivity contribution in [2.24, 2.45) is 5.73 Å². The van der Waals surface area contributed by atoms with Crippen molar-refractivity contribution < 1.29 is 13.9 Å². The molecule has 0 saturated carbocycles. The van der Waals surface area contributed by atoms with Crippen LogP contribution >= 0.6 is 39.7 Å². The maximum atomic E-state index is 14.5. The van der Waals surface area contributed by atoms with Gasteiger partial charge in [-0.3, -0.25) is 9.69 Å². The first-order chi connectivity index (χ1) is 14.9. The van der Waals surface area contributed by atoms with Crippen LogP contribution in [0.5, 0.6) is 5.06 Å². The minimum Gasteiger partial charge on any atom is -0.483 e. The van der Waals surface area contributed by atoms with Crippen LogP contribution in [0.25, 0.3) is 0 Å². The summed E-state index contributed by atoms with van der Waals surface area (Å²) in [6.07, 6.45) is 4.87. The van der Waals surface area contributed by atoms with Gasteiger partial charge < -0.3 is 10.5 Å². The standard InChI is InChI=1S/C24H30BrFN2O2S.ClH/c1-3-8-30-24-22(25)14(2)23(31-24)21(29)13-28-17-5-6-18(28)11-16(10-17)19-9-15(12-27)4-7-20(19)26;/h4,7,9,16-18H,3,5-6,8,10-13,27H2,1-2H3;1H. The fourth-order valence-electron chi connectivity index (χ4n) is 5.08. The molecule has 2 aromatic rings. The van der Waals surface area contributed by atoms with Crippen LogP contribution in [0.3, 0.4) is 0 Å². The van der Waals surface area contributed by atoms with Crippen LogP contribution in [0.15, 0.2) is 22.7 Å². The maximum absolute atomic E-state index is 14.5. The average Bonchev–Trinajstić information content (AvgIpc) is 3.16. The summed E-state index contributed by atoms with van der Waals surface area (Å²) in [5.41, 5.74) is 8.50. The molecule has 0 aliphatic carbocycles. The first kappa shape index (κ1) is 25.6. The molecule has 2 atom stereocenters. The molecule has 0 amide bonds. The SMILES string of the molecule is CCCOc1sc(C(=O)CN2C3CCC2CC(c2cc(CN)ccc2F)C3)c(C)c1Br.Cl. The van der Waals surface area contributed by atoms with Gasteiger partial charge in [-0.15, -0.1) is 12.4 Å². The molecule has 2 saturated heterocycles. The second kappa shape index (κ2) is 11.0. The molecule has 2 aliphatic heterocycles. The van der Waals surface area contributed by atoms with Crippen molar-refractivity contribution >= 4 is 45.5 Å². The Morgan fingerprint density at radius 1 is 1.31 bits per heavy atom. The highest BCUT2D eigenvalue weighted by Crippen LogP contribution is 2.45. The van der Waals surface area contributed by atoms with Gasteiger partial charge in [0.1, 0.15) is 5.82 Å². The third kappa shape index (κ3) is 5.07. The number of benzene rings is 1. The van der Waals surface area contributed by atoms with Gasteiger partial charge in [0.25, 0.3) is 0 Å². The summed E-state index contributed by atoms with van der Waals surface area (Å²) in [4.78, 5) is 16.3. The van der Waals surface area contributed by atoms with Gasteiger partial charge in [0, 0.05) is 18.6 Å². The molecule has 0 spiro atoms. The molecule has 8 heteroatoms.